The van der Waals surface area contributed by atoms with Crippen molar-refractivity contribution in [2.45, 2.75) is 12.2 Å². The van der Waals surface area contributed by atoms with Crippen molar-refractivity contribution in [2.24, 2.45) is 0 Å². The van der Waals surface area contributed by atoms with Crippen molar-refractivity contribution in [3.05, 3.63) is 35.7 Å². The van der Waals surface area contributed by atoms with Crippen molar-refractivity contribution in [2.75, 3.05) is 27.2 Å². The minimum absolute atomic E-state index is 0.0162. The van der Waals surface area contributed by atoms with Crippen molar-refractivity contribution in [3.63, 3.8) is 0 Å². The molecule has 0 bridgehead atoms. The SMILES string of the molecule is CN(C)C(=O)c1cc(C2=CC(C(F)(F)F)NN2CCO)ccn1. The minimum Gasteiger partial charge on any atom is -0.394 e. The Morgan fingerprint density at radius 2 is 2.17 bits per heavy atom. The average Bonchev–Trinajstić information content (AvgIpc) is 2.91. The number of hydrogen-bond donors (Lipinski definition) is 2. The van der Waals surface area contributed by atoms with Gasteiger partial charge in [-0.15, -0.1) is 0 Å². The Morgan fingerprint density at radius 1 is 1.48 bits per heavy atom. The summed E-state index contributed by atoms with van der Waals surface area (Å²) in [7, 11) is 3.12. The van der Waals surface area contributed by atoms with Crippen LogP contribution in [0, 0.1) is 0 Å². The topological polar surface area (TPSA) is 68.7 Å². The molecule has 9 heteroatoms. The molecule has 1 aromatic heterocycles. The molecule has 1 aliphatic rings. The molecule has 126 valence electrons. The van der Waals surface area contributed by atoms with Crippen LogP contribution in [0.5, 0.6) is 0 Å². The second-order valence-electron chi connectivity index (χ2n) is 5.20. The zero-order chi connectivity index (χ0) is 17.2. The molecule has 0 aliphatic carbocycles. The largest absolute Gasteiger partial charge is 0.409 e. The predicted molar refractivity (Wildman–Crippen MR) is 77.0 cm³/mol. The number of pyridine rings is 1. The van der Waals surface area contributed by atoms with Gasteiger partial charge in [0.25, 0.3) is 5.91 Å². The molecule has 0 fully saturated rings. The van der Waals surface area contributed by atoms with Crippen LogP contribution < -0.4 is 5.43 Å². The van der Waals surface area contributed by atoms with E-state index in [1.54, 1.807) is 14.1 Å². The van der Waals surface area contributed by atoms with Gasteiger partial charge in [0.15, 0.2) is 0 Å². The van der Waals surface area contributed by atoms with Gasteiger partial charge in [-0.1, -0.05) is 0 Å². The Bertz CT molecular complexity index is 616. The van der Waals surface area contributed by atoms with Gasteiger partial charge in [-0.2, -0.15) is 13.2 Å². The number of nitrogens with zero attached hydrogens (tertiary/aromatic N) is 3. The van der Waals surface area contributed by atoms with E-state index in [0.717, 1.165) is 6.08 Å². The first-order valence-electron chi connectivity index (χ1n) is 6.85. The van der Waals surface area contributed by atoms with Crippen molar-refractivity contribution < 1.29 is 23.1 Å². The Morgan fingerprint density at radius 3 is 2.74 bits per heavy atom. The van der Waals surface area contributed by atoms with E-state index in [-0.39, 0.29) is 30.4 Å². The summed E-state index contributed by atoms with van der Waals surface area (Å²) in [4.78, 5) is 17.2. The van der Waals surface area contributed by atoms with Gasteiger partial charge in [0.2, 0.25) is 0 Å². The van der Waals surface area contributed by atoms with E-state index in [2.05, 4.69) is 10.4 Å². The first kappa shape index (κ1) is 17.2. The highest BCUT2D eigenvalue weighted by atomic mass is 19.4. The number of aromatic nitrogens is 1. The highest BCUT2D eigenvalue weighted by molar-refractivity contribution is 5.92. The molecule has 23 heavy (non-hydrogen) atoms. The maximum Gasteiger partial charge on any atom is 0.409 e. The van der Waals surface area contributed by atoms with E-state index >= 15 is 0 Å². The number of amides is 1. The third-order valence-corrected chi connectivity index (χ3v) is 3.27. The van der Waals surface area contributed by atoms with E-state index < -0.39 is 12.2 Å². The number of rotatable bonds is 4. The first-order valence-corrected chi connectivity index (χ1v) is 6.85. The fraction of sp³-hybridized carbons (Fsp3) is 0.429. The summed E-state index contributed by atoms with van der Waals surface area (Å²) < 4.78 is 38.7. The van der Waals surface area contributed by atoms with E-state index in [4.69, 9.17) is 5.11 Å². The zero-order valence-corrected chi connectivity index (χ0v) is 12.6. The van der Waals surface area contributed by atoms with Gasteiger partial charge in [-0.05, 0) is 18.2 Å². The molecule has 0 spiro atoms. The number of halogens is 3. The van der Waals surface area contributed by atoms with Crippen LogP contribution in [0.1, 0.15) is 16.1 Å². The highest BCUT2D eigenvalue weighted by Crippen LogP contribution is 2.31. The molecule has 6 nitrogen and oxygen atoms in total. The van der Waals surface area contributed by atoms with Crippen LogP contribution in [0.3, 0.4) is 0 Å². The Labute approximate surface area is 131 Å². The van der Waals surface area contributed by atoms with Gasteiger partial charge in [0, 0.05) is 25.9 Å². The van der Waals surface area contributed by atoms with E-state index in [1.807, 2.05) is 0 Å². The molecule has 1 aromatic rings. The maximum absolute atomic E-state index is 12.9. The summed E-state index contributed by atoms with van der Waals surface area (Å²) in [5, 5.41) is 10.3. The molecule has 0 saturated heterocycles. The number of β-amino-alcohol motifs (C(OH)–C–C–N with tert-alkyl or cyclic N) is 1. The van der Waals surface area contributed by atoms with E-state index in [0.29, 0.717) is 5.56 Å². The standard InChI is InChI=1S/C14H17F3N4O2/c1-20(2)13(23)10-7-9(3-4-18-10)11-8-12(14(15,16)17)19-21(11)5-6-22/h3-4,7-8,12,19,22H,5-6H2,1-2H3. The van der Waals surface area contributed by atoms with Gasteiger partial charge in [0.05, 0.1) is 18.8 Å². The molecular formula is C14H17F3N4O2. The lowest BCUT2D eigenvalue weighted by atomic mass is 10.1. The Balaban J connectivity index is 2.37. The third kappa shape index (κ3) is 3.80. The number of aliphatic hydroxyl groups excluding tert-OH is 1. The molecular weight excluding hydrogens is 313 g/mol. The Kier molecular flexibility index (Phi) is 4.90. The molecule has 0 radical (unpaired) electrons. The molecule has 1 atom stereocenters. The lowest BCUT2D eigenvalue weighted by Crippen LogP contribution is -2.45. The zero-order valence-electron chi connectivity index (χ0n) is 12.6. The minimum atomic E-state index is -4.45. The van der Waals surface area contributed by atoms with Crippen LogP contribution in [-0.2, 0) is 0 Å². The lowest BCUT2D eigenvalue weighted by Gasteiger charge is -2.24. The molecule has 1 aliphatic heterocycles. The van der Waals surface area contributed by atoms with Crippen LogP contribution in [-0.4, -0.2) is 65.4 Å². The number of nitrogens with one attached hydrogen (secondary N) is 1. The van der Waals surface area contributed by atoms with Crippen molar-refractivity contribution in [1.82, 2.24) is 20.3 Å². The average molecular weight is 330 g/mol. The second kappa shape index (κ2) is 6.55. The molecule has 0 saturated carbocycles. The smallest absolute Gasteiger partial charge is 0.394 e. The molecule has 2 rings (SSSR count). The van der Waals surface area contributed by atoms with Crippen LogP contribution in [0.15, 0.2) is 24.4 Å². The number of hydrogen-bond acceptors (Lipinski definition) is 5. The quantitative estimate of drug-likeness (QED) is 0.857. The third-order valence-electron chi connectivity index (χ3n) is 3.27. The summed E-state index contributed by atoms with van der Waals surface area (Å²) in [5.41, 5.74) is 3.09. The van der Waals surface area contributed by atoms with Gasteiger partial charge >= 0.3 is 6.18 Å². The molecule has 0 aromatic carbocycles. The first-order chi connectivity index (χ1) is 10.7. The summed E-state index contributed by atoms with van der Waals surface area (Å²) >= 11 is 0. The number of alkyl halides is 3. The number of hydrazine groups is 1. The van der Waals surface area contributed by atoms with E-state index in [9.17, 15) is 18.0 Å². The molecule has 1 unspecified atom stereocenters. The van der Waals surface area contributed by atoms with Crippen molar-refractivity contribution >= 4 is 11.6 Å². The molecule has 2 heterocycles. The summed E-state index contributed by atoms with van der Waals surface area (Å²) in [6.45, 7) is -0.332. The summed E-state index contributed by atoms with van der Waals surface area (Å²) in [6.07, 6.45) is -2.06. The second-order valence-corrected chi connectivity index (χ2v) is 5.20. The maximum atomic E-state index is 12.9. The van der Waals surface area contributed by atoms with Gasteiger partial charge < -0.3 is 15.0 Å². The number of carbonyl (C=O) groups excluding carboxylic acids is 1. The van der Waals surface area contributed by atoms with Crippen LogP contribution in [0.25, 0.3) is 5.70 Å². The van der Waals surface area contributed by atoms with Crippen LogP contribution in [0.2, 0.25) is 0 Å². The van der Waals surface area contributed by atoms with Crippen LogP contribution in [0.4, 0.5) is 13.2 Å². The fourth-order valence-corrected chi connectivity index (χ4v) is 2.16. The molecule has 2 N–H and O–H groups in total. The van der Waals surface area contributed by atoms with Crippen LogP contribution >= 0.6 is 0 Å². The number of aliphatic hydroxyl groups is 1. The highest BCUT2D eigenvalue weighted by Gasteiger charge is 2.43. The lowest BCUT2D eigenvalue weighted by molar-refractivity contribution is -0.149. The van der Waals surface area contributed by atoms with Gasteiger partial charge in [0.1, 0.15) is 11.7 Å². The Hall–Kier alpha value is -2.13. The molecule has 1 amide bonds. The van der Waals surface area contributed by atoms with Gasteiger partial charge in [-0.25, -0.2) is 5.43 Å². The normalized spacial score (nSPS) is 18.1. The van der Waals surface area contributed by atoms with E-state index in [1.165, 1.54) is 28.2 Å². The summed E-state index contributed by atoms with van der Waals surface area (Å²) in [5.74, 6) is -0.348. The van der Waals surface area contributed by atoms with Gasteiger partial charge in [-0.3, -0.25) is 9.78 Å². The number of carbonyl (C=O) groups is 1. The summed E-state index contributed by atoms with van der Waals surface area (Å²) in [6, 6.07) is 1.10. The van der Waals surface area contributed by atoms with Crippen molar-refractivity contribution in [3.8, 4) is 0 Å². The predicted octanol–water partition coefficient (Wildman–Crippen LogP) is 0.868. The monoisotopic (exact) mass is 330 g/mol. The fourth-order valence-electron chi connectivity index (χ4n) is 2.16. The van der Waals surface area contributed by atoms with Crippen molar-refractivity contribution in [1.29, 1.82) is 0 Å².